The fraction of sp³-hybridized carbons (Fsp3) is 0.290. The molecule has 3 aromatic carbocycles. The lowest BCUT2D eigenvalue weighted by molar-refractivity contribution is -0.145. The predicted molar refractivity (Wildman–Crippen MR) is 163 cm³/mol. The number of amides is 1. The molecular formula is C31H41N5O4. The van der Waals surface area contributed by atoms with Crippen LogP contribution in [0.5, 0.6) is 0 Å². The van der Waals surface area contributed by atoms with Crippen LogP contribution in [0, 0.1) is 20.8 Å². The average Bonchev–Trinajstić information content (AvgIpc) is 3.25. The summed E-state index contributed by atoms with van der Waals surface area (Å²) in [6.45, 7) is 11.4. The topological polar surface area (TPSA) is 140 Å². The fourth-order valence-electron chi connectivity index (χ4n) is 3.07. The Labute approximate surface area is 237 Å². The van der Waals surface area contributed by atoms with Gasteiger partial charge in [-0.2, -0.15) is 5.10 Å². The van der Waals surface area contributed by atoms with Gasteiger partial charge in [0, 0.05) is 17.1 Å². The molecule has 5 N–H and O–H groups in total. The van der Waals surface area contributed by atoms with Gasteiger partial charge in [-0.15, -0.1) is 0 Å². The van der Waals surface area contributed by atoms with E-state index in [2.05, 4.69) is 15.3 Å². The van der Waals surface area contributed by atoms with Gasteiger partial charge in [0.2, 0.25) is 0 Å². The lowest BCUT2D eigenvalue weighted by Gasteiger charge is -2.11. The highest BCUT2D eigenvalue weighted by atomic mass is 16.5. The predicted octanol–water partition coefficient (Wildman–Crippen LogP) is 5.49. The van der Waals surface area contributed by atoms with Crippen molar-refractivity contribution in [1.82, 2.24) is 0 Å². The molecule has 0 bridgehead atoms. The Morgan fingerprint density at radius 1 is 0.875 bits per heavy atom. The zero-order chi connectivity index (χ0) is 30.1. The SMILES string of the molecule is CC1=NN(c2ccc(C)cc2)C(=O)C1.CCOC(=O)CC(C)=O.Cc1ccc(N)cc1.Cc1ccc(NN)cc1. The Morgan fingerprint density at radius 3 is 1.73 bits per heavy atom. The minimum absolute atomic E-state index is 0.0475. The molecule has 0 aliphatic carbocycles. The van der Waals surface area contributed by atoms with Gasteiger partial charge in [0.15, 0.2) is 0 Å². The molecule has 1 amide bonds. The van der Waals surface area contributed by atoms with Crippen LogP contribution in [0.15, 0.2) is 77.9 Å². The number of aryl methyl sites for hydroxylation is 3. The van der Waals surface area contributed by atoms with E-state index in [-0.39, 0.29) is 18.1 Å². The van der Waals surface area contributed by atoms with E-state index in [9.17, 15) is 14.4 Å². The summed E-state index contributed by atoms with van der Waals surface area (Å²) in [5, 5.41) is 5.64. The number of carbonyl (C=O) groups excluding carboxylic acids is 3. The standard InChI is InChI=1S/C11H12N2O.C7H10N2.C7H9N.C6H10O3/c1-8-3-5-10(6-4-8)13-11(14)7-9(2)12-13;1-6-2-4-7(9-8)5-3-6;1-6-2-4-7(8)5-3-6;1-3-9-6(8)4-5(2)7/h3-6H,7H2,1-2H3;2-5,9H,8H2,1H3;2-5H,8H2,1H3;3-4H2,1-2H3. The van der Waals surface area contributed by atoms with Crippen LogP contribution in [0.3, 0.4) is 0 Å². The molecule has 0 aromatic heterocycles. The van der Waals surface area contributed by atoms with Crippen LogP contribution in [0.2, 0.25) is 0 Å². The number of esters is 1. The molecule has 0 saturated heterocycles. The Hall–Kier alpha value is -4.50. The third-order valence-corrected chi connectivity index (χ3v) is 5.19. The van der Waals surface area contributed by atoms with E-state index in [1.807, 2.05) is 100 Å². The largest absolute Gasteiger partial charge is 0.466 e. The van der Waals surface area contributed by atoms with Crippen molar-refractivity contribution >= 4 is 40.4 Å². The van der Waals surface area contributed by atoms with Crippen LogP contribution >= 0.6 is 0 Å². The highest BCUT2D eigenvalue weighted by Gasteiger charge is 2.22. The number of nitrogen functional groups attached to an aromatic ring is 2. The number of nitrogens with one attached hydrogen (secondary N) is 1. The van der Waals surface area contributed by atoms with E-state index in [0.29, 0.717) is 13.0 Å². The van der Waals surface area contributed by atoms with Crippen LogP contribution in [0.25, 0.3) is 0 Å². The van der Waals surface area contributed by atoms with E-state index in [4.69, 9.17) is 11.6 Å². The van der Waals surface area contributed by atoms with Crippen LogP contribution < -0.4 is 22.0 Å². The van der Waals surface area contributed by atoms with Crippen molar-refractivity contribution in [2.75, 3.05) is 22.8 Å². The number of Topliss-reactive ketones (excluding diaryl/α,β-unsaturated/α-hetero) is 1. The molecule has 0 unspecified atom stereocenters. The molecule has 40 heavy (non-hydrogen) atoms. The molecule has 1 heterocycles. The molecule has 0 spiro atoms. The molecule has 9 nitrogen and oxygen atoms in total. The maximum Gasteiger partial charge on any atom is 0.313 e. The van der Waals surface area contributed by atoms with E-state index in [1.165, 1.54) is 28.6 Å². The van der Waals surface area contributed by atoms with Gasteiger partial charge in [-0.1, -0.05) is 53.1 Å². The Kier molecular flexibility index (Phi) is 15.0. The van der Waals surface area contributed by atoms with Gasteiger partial charge >= 0.3 is 5.97 Å². The molecule has 0 saturated carbocycles. The summed E-state index contributed by atoms with van der Waals surface area (Å²) < 4.78 is 4.49. The van der Waals surface area contributed by atoms with Gasteiger partial charge in [0.05, 0.1) is 18.7 Å². The van der Waals surface area contributed by atoms with E-state index < -0.39 is 5.97 Å². The second-order valence-electron chi connectivity index (χ2n) is 9.16. The molecule has 3 aromatic rings. The van der Waals surface area contributed by atoms with Crippen molar-refractivity contribution in [3.8, 4) is 0 Å². The van der Waals surface area contributed by atoms with Crippen molar-refractivity contribution in [2.24, 2.45) is 10.9 Å². The van der Waals surface area contributed by atoms with E-state index >= 15 is 0 Å². The summed E-state index contributed by atoms with van der Waals surface area (Å²) in [5.74, 6) is 4.60. The number of benzene rings is 3. The van der Waals surface area contributed by atoms with Crippen molar-refractivity contribution in [1.29, 1.82) is 0 Å². The first-order valence-corrected chi connectivity index (χ1v) is 12.9. The number of hydrazine groups is 1. The quantitative estimate of drug-likeness (QED) is 0.126. The van der Waals surface area contributed by atoms with Crippen molar-refractivity contribution in [2.45, 2.75) is 54.4 Å². The van der Waals surface area contributed by atoms with Crippen molar-refractivity contribution in [3.63, 3.8) is 0 Å². The maximum atomic E-state index is 11.5. The van der Waals surface area contributed by atoms with Crippen LogP contribution in [-0.4, -0.2) is 30.0 Å². The summed E-state index contributed by atoms with van der Waals surface area (Å²) in [4.78, 5) is 32.1. The lowest BCUT2D eigenvalue weighted by Crippen LogP contribution is -2.19. The number of nitrogens with two attached hydrogens (primary N) is 2. The summed E-state index contributed by atoms with van der Waals surface area (Å²) in [6, 6.07) is 23.5. The minimum atomic E-state index is -0.440. The van der Waals surface area contributed by atoms with Crippen molar-refractivity contribution < 1.29 is 19.1 Å². The monoisotopic (exact) mass is 547 g/mol. The smallest absolute Gasteiger partial charge is 0.313 e. The molecule has 0 atom stereocenters. The molecule has 0 fully saturated rings. The lowest BCUT2D eigenvalue weighted by atomic mass is 10.2. The van der Waals surface area contributed by atoms with E-state index in [1.54, 1.807) is 6.92 Å². The number of hydrogen-bond donors (Lipinski definition) is 3. The van der Waals surface area contributed by atoms with Crippen LogP contribution in [-0.2, 0) is 19.1 Å². The number of nitrogens with zero attached hydrogens (tertiary/aromatic N) is 2. The summed E-state index contributed by atoms with van der Waals surface area (Å²) in [7, 11) is 0. The normalized spacial score (nSPS) is 11.4. The number of anilines is 3. The molecule has 9 heteroatoms. The van der Waals surface area contributed by atoms with Gasteiger partial charge in [0.1, 0.15) is 12.2 Å². The number of rotatable bonds is 5. The van der Waals surface area contributed by atoms with Gasteiger partial charge in [-0.3, -0.25) is 20.2 Å². The zero-order valence-corrected chi connectivity index (χ0v) is 24.2. The molecule has 0 radical (unpaired) electrons. The molecule has 214 valence electrons. The highest BCUT2D eigenvalue weighted by Crippen LogP contribution is 2.20. The summed E-state index contributed by atoms with van der Waals surface area (Å²) in [5.41, 5.74) is 15.1. The number of hydrogen-bond acceptors (Lipinski definition) is 8. The number of ether oxygens (including phenoxy) is 1. The van der Waals surface area contributed by atoms with Crippen LogP contribution in [0.4, 0.5) is 17.1 Å². The second-order valence-corrected chi connectivity index (χ2v) is 9.16. The number of hydrazone groups is 1. The first-order chi connectivity index (χ1) is 18.9. The van der Waals surface area contributed by atoms with E-state index in [0.717, 1.165) is 22.8 Å². The van der Waals surface area contributed by atoms with Crippen molar-refractivity contribution in [3.05, 3.63) is 89.5 Å². The number of carbonyl (C=O) groups is 3. The third-order valence-electron chi connectivity index (χ3n) is 5.19. The number of ketones is 1. The molecule has 1 aliphatic rings. The first-order valence-electron chi connectivity index (χ1n) is 12.9. The zero-order valence-electron chi connectivity index (χ0n) is 24.2. The molecular weight excluding hydrogens is 506 g/mol. The Morgan fingerprint density at radius 2 is 1.35 bits per heavy atom. The Bertz CT molecular complexity index is 1220. The first kappa shape index (κ1) is 33.5. The Balaban J connectivity index is 0.000000275. The average molecular weight is 548 g/mol. The third kappa shape index (κ3) is 13.9. The maximum absolute atomic E-state index is 11.5. The summed E-state index contributed by atoms with van der Waals surface area (Å²) >= 11 is 0. The molecule has 1 aliphatic heterocycles. The highest BCUT2D eigenvalue weighted by molar-refractivity contribution is 6.12. The fourth-order valence-corrected chi connectivity index (χ4v) is 3.07. The summed E-state index contributed by atoms with van der Waals surface area (Å²) in [6.07, 6.45) is 0.335. The van der Waals surface area contributed by atoms with Gasteiger partial charge < -0.3 is 15.9 Å². The minimum Gasteiger partial charge on any atom is -0.466 e. The van der Waals surface area contributed by atoms with Crippen LogP contribution in [0.1, 0.15) is 50.3 Å². The van der Waals surface area contributed by atoms with Gasteiger partial charge in [-0.05, 0) is 77.9 Å². The molecule has 4 rings (SSSR count). The second kappa shape index (κ2) is 17.9. The van der Waals surface area contributed by atoms with Gasteiger partial charge in [-0.25, -0.2) is 5.01 Å². The van der Waals surface area contributed by atoms with Gasteiger partial charge in [0.25, 0.3) is 5.91 Å².